The number of benzene rings is 1. The molecule has 0 radical (unpaired) electrons. The van der Waals surface area contributed by atoms with E-state index in [0.29, 0.717) is 5.56 Å². The van der Waals surface area contributed by atoms with Crippen LogP contribution in [0.4, 0.5) is 0 Å². The fraction of sp³-hybridized carbons (Fsp3) is 0.450. The van der Waals surface area contributed by atoms with Crippen LogP contribution in [0.25, 0.3) is 5.69 Å². The summed E-state index contributed by atoms with van der Waals surface area (Å²) < 4.78 is 7.59. The Labute approximate surface area is 148 Å². The van der Waals surface area contributed by atoms with Gasteiger partial charge in [-0.2, -0.15) is 0 Å². The second-order valence-electron chi connectivity index (χ2n) is 6.82. The van der Waals surface area contributed by atoms with Crippen LogP contribution in [0.3, 0.4) is 0 Å². The average Bonchev–Trinajstić information content (AvgIpc) is 2.94. The van der Waals surface area contributed by atoms with Crippen LogP contribution in [0, 0.1) is 13.8 Å². The van der Waals surface area contributed by atoms with Crippen LogP contribution in [0.2, 0.25) is 0 Å². The molecule has 1 fully saturated rings. The highest BCUT2D eigenvalue weighted by atomic mass is 16.5. The van der Waals surface area contributed by atoms with Gasteiger partial charge in [0.05, 0.1) is 18.9 Å². The molecule has 1 saturated carbocycles. The fourth-order valence-electron chi connectivity index (χ4n) is 3.54. The van der Waals surface area contributed by atoms with E-state index in [-0.39, 0.29) is 18.1 Å². The predicted octanol–water partition coefficient (Wildman–Crippen LogP) is 3.14. The Balaban J connectivity index is 1.85. The molecular weight excluding hydrogens is 316 g/mol. The highest BCUT2D eigenvalue weighted by molar-refractivity contribution is 5.95. The number of nitrogens with one attached hydrogen (secondary N) is 1. The van der Waals surface area contributed by atoms with Gasteiger partial charge in [-0.05, 0) is 69.9 Å². The molecule has 0 bridgehead atoms. The second kappa shape index (κ2) is 7.31. The highest BCUT2D eigenvalue weighted by Crippen LogP contribution is 2.28. The summed E-state index contributed by atoms with van der Waals surface area (Å²) in [6.45, 7) is 4.07. The summed E-state index contributed by atoms with van der Waals surface area (Å²) in [7, 11) is 1.64. The van der Waals surface area contributed by atoms with Crippen molar-refractivity contribution in [2.24, 2.45) is 0 Å². The molecule has 0 unspecified atom stereocenters. The normalized spacial score (nSPS) is 20.3. The van der Waals surface area contributed by atoms with Gasteiger partial charge in [-0.25, -0.2) is 0 Å². The molecule has 134 valence electrons. The van der Waals surface area contributed by atoms with E-state index in [0.717, 1.165) is 48.5 Å². The lowest BCUT2D eigenvalue weighted by atomic mass is 9.93. The molecule has 1 aliphatic rings. The Hall–Kier alpha value is -2.27. The summed E-state index contributed by atoms with van der Waals surface area (Å²) in [6.07, 6.45) is 2.93. The number of aromatic nitrogens is 1. The largest absolute Gasteiger partial charge is 0.495 e. The van der Waals surface area contributed by atoms with Gasteiger partial charge in [-0.15, -0.1) is 0 Å². The van der Waals surface area contributed by atoms with E-state index in [1.165, 1.54) is 0 Å². The topological polar surface area (TPSA) is 63.5 Å². The van der Waals surface area contributed by atoms with E-state index in [9.17, 15) is 9.90 Å². The fourth-order valence-corrected chi connectivity index (χ4v) is 3.54. The van der Waals surface area contributed by atoms with Gasteiger partial charge < -0.3 is 19.7 Å². The van der Waals surface area contributed by atoms with Gasteiger partial charge in [0.1, 0.15) is 5.75 Å². The van der Waals surface area contributed by atoms with Gasteiger partial charge in [0.25, 0.3) is 5.91 Å². The number of ether oxygens (including phenoxy) is 1. The Morgan fingerprint density at radius 3 is 2.36 bits per heavy atom. The van der Waals surface area contributed by atoms with Crippen molar-refractivity contribution in [3.63, 3.8) is 0 Å². The zero-order valence-corrected chi connectivity index (χ0v) is 15.1. The Morgan fingerprint density at radius 2 is 1.76 bits per heavy atom. The number of hydrogen-bond donors (Lipinski definition) is 2. The van der Waals surface area contributed by atoms with Crippen LogP contribution in [-0.2, 0) is 0 Å². The number of rotatable bonds is 4. The van der Waals surface area contributed by atoms with Crippen LogP contribution in [0.15, 0.2) is 30.3 Å². The molecule has 2 N–H and O–H groups in total. The van der Waals surface area contributed by atoms with E-state index in [4.69, 9.17) is 4.74 Å². The van der Waals surface area contributed by atoms with Gasteiger partial charge in [-0.3, -0.25) is 4.79 Å². The summed E-state index contributed by atoms with van der Waals surface area (Å²) in [6, 6.07) is 9.75. The third-order valence-corrected chi connectivity index (χ3v) is 4.99. The SMILES string of the molecule is COc1ccc(C(=O)NC2CCC(O)CC2)cc1-n1c(C)ccc1C. The number of carbonyl (C=O) groups excluding carboxylic acids is 1. The smallest absolute Gasteiger partial charge is 0.251 e. The zero-order chi connectivity index (χ0) is 18.0. The number of methoxy groups -OCH3 is 1. The zero-order valence-electron chi connectivity index (χ0n) is 15.1. The van der Waals surface area contributed by atoms with Crippen molar-refractivity contribution in [3.8, 4) is 11.4 Å². The van der Waals surface area contributed by atoms with Crippen LogP contribution in [-0.4, -0.2) is 34.8 Å². The van der Waals surface area contributed by atoms with Crippen molar-refractivity contribution in [2.75, 3.05) is 7.11 Å². The third-order valence-electron chi connectivity index (χ3n) is 4.99. The number of aliphatic hydroxyl groups is 1. The lowest BCUT2D eigenvalue weighted by molar-refractivity contribution is 0.0867. The van der Waals surface area contributed by atoms with E-state index in [2.05, 4.69) is 22.0 Å². The van der Waals surface area contributed by atoms with E-state index in [1.54, 1.807) is 13.2 Å². The van der Waals surface area contributed by atoms with Crippen molar-refractivity contribution in [1.82, 2.24) is 9.88 Å². The molecule has 0 aliphatic heterocycles. The molecule has 1 heterocycles. The summed E-state index contributed by atoms with van der Waals surface area (Å²) in [5.74, 6) is 0.660. The summed E-state index contributed by atoms with van der Waals surface area (Å²) in [5, 5.41) is 12.7. The molecule has 0 spiro atoms. The number of carbonyl (C=O) groups is 1. The van der Waals surface area contributed by atoms with Gasteiger partial charge in [-0.1, -0.05) is 0 Å². The lowest BCUT2D eigenvalue weighted by Gasteiger charge is -2.26. The van der Waals surface area contributed by atoms with Crippen molar-refractivity contribution >= 4 is 5.91 Å². The maximum atomic E-state index is 12.7. The maximum absolute atomic E-state index is 12.7. The number of aryl methyl sites for hydroxylation is 2. The van der Waals surface area contributed by atoms with Crippen LogP contribution < -0.4 is 10.1 Å². The van der Waals surface area contributed by atoms with Crippen molar-refractivity contribution in [1.29, 1.82) is 0 Å². The molecule has 1 aromatic carbocycles. The minimum absolute atomic E-state index is 0.0762. The quantitative estimate of drug-likeness (QED) is 0.897. The first-order chi connectivity index (χ1) is 12.0. The lowest BCUT2D eigenvalue weighted by Crippen LogP contribution is -2.38. The molecule has 2 aromatic rings. The summed E-state index contributed by atoms with van der Waals surface area (Å²) in [4.78, 5) is 12.7. The molecule has 0 saturated heterocycles. The Kier molecular flexibility index (Phi) is 5.13. The average molecular weight is 342 g/mol. The minimum atomic E-state index is -0.222. The summed E-state index contributed by atoms with van der Waals surface area (Å²) in [5.41, 5.74) is 3.67. The van der Waals surface area contributed by atoms with E-state index in [1.807, 2.05) is 26.0 Å². The first kappa shape index (κ1) is 17.5. The number of aliphatic hydroxyl groups excluding tert-OH is 1. The third kappa shape index (κ3) is 3.71. The Morgan fingerprint density at radius 1 is 1.12 bits per heavy atom. The van der Waals surface area contributed by atoms with Gasteiger partial charge in [0, 0.05) is 23.0 Å². The molecule has 3 rings (SSSR count). The second-order valence-corrected chi connectivity index (χ2v) is 6.82. The van der Waals surface area contributed by atoms with Crippen molar-refractivity contribution < 1.29 is 14.6 Å². The molecule has 0 atom stereocenters. The van der Waals surface area contributed by atoms with E-state index >= 15 is 0 Å². The van der Waals surface area contributed by atoms with Crippen molar-refractivity contribution in [2.45, 2.75) is 51.7 Å². The van der Waals surface area contributed by atoms with Gasteiger partial charge in [0.2, 0.25) is 0 Å². The number of amides is 1. The van der Waals surface area contributed by atoms with Crippen LogP contribution in [0.1, 0.15) is 47.4 Å². The van der Waals surface area contributed by atoms with Crippen molar-refractivity contribution in [3.05, 3.63) is 47.3 Å². The molecule has 1 aliphatic carbocycles. The molecule has 5 nitrogen and oxygen atoms in total. The van der Waals surface area contributed by atoms with E-state index < -0.39 is 0 Å². The molecular formula is C20H26N2O3. The Bertz CT molecular complexity index is 739. The van der Waals surface area contributed by atoms with Gasteiger partial charge in [0.15, 0.2) is 0 Å². The molecule has 1 aromatic heterocycles. The predicted molar refractivity (Wildman–Crippen MR) is 97.5 cm³/mol. The highest BCUT2D eigenvalue weighted by Gasteiger charge is 2.22. The van der Waals surface area contributed by atoms with Crippen LogP contribution in [0.5, 0.6) is 5.75 Å². The van der Waals surface area contributed by atoms with Crippen LogP contribution >= 0.6 is 0 Å². The minimum Gasteiger partial charge on any atom is -0.495 e. The van der Waals surface area contributed by atoms with Gasteiger partial charge >= 0.3 is 0 Å². The monoisotopic (exact) mass is 342 g/mol. The molecule has 25 heavy (non-hydrogen) atoms. The number of hydrogen-bond acceptors (Lipinski definition) is 3. The number of nitrogens with zero attached hydrogens (tertiary/aromatic N) is 1. The first-order valence-electron chi connectivity index (χ1n) is 8.82. The molecule has 1 amide bonds. The standard InChI is InChI=1S/C20H26N2O3/c1-13-4-5-14(2)22(13)18-12-15(6-11-19(18)25-3)20(24)21-16-7-9-17(23)10-8-16/h4-6,11-12,16-17,23H,7-10H2,1-3H3,(H,21,24). The maximum Gasteiger partial charge on any atom is 0.251 e. The first-order valence-corrected chi connectivity index (χ1v) is 8.82. The summed E-state index contributed by atoms with van der Waals surface area (Å²) >= 11 is 0. The molecule has 5 heteroatoms.